The van der Waals surface area contributed by atoms with Crippen LogP contribution in [0.3, 0.4) is 0 Å². The predicted molar refractivity (Wildman–Crippen MR) is 117 cm³/mol. The fourth-order valence-corrected chi connectivity index (χ4v) is 2.73. The normalized spacial score (nSPS) is 12.4. The molecule has 0 fully saturated rings. The number of guanidine groups is 2. The number of hydrogen-bond donors (Lipinski definition) is 4. The summed E-state index contributed by atoms with van der Waals surface area (Å²) in [5.41, 5.74) is 13.4. The van der Waals surface area contributed by atoms with Crippen LogP contribution in [-0.4, -0.2) is 43.1 Å². The molecule has 8 heteroatoms. The van der Waals surface area contributed by atoms with Crippen LogP contribution in [0.1, 0.15) is 33.1 Å². The van der Waals surface area contributed by atoms with Gasteiger partial charge < -0.3 is 21.5 Å². The number of anilines is 1. The van der Waals surface area contributed by atoms with Crippen LogP contribution in [0.25, 0.3) is 10.9 Å². The van der Waals surface area contributed by atoms with E-state index in [-0.39, 0.29) is 6.04 Å². The summed E-state index contributed by atoms with van der Waals surface area (Å²) in [6, 6.07) is 8.04. The molecule has 152 valence electrons. The molecule has 0 spiro atoms. The maximum atomic E-state index is 5.79. The Morgan fingerprint density at radius 1 is 1.18 bits per heavy atom. The van der Waals surface area contributed by atoms with Crippen molar-refractivity contribution in [2.45, 2.75) is 39.2 Å². The largest absolute Gasteiger partial charge is 0.497 e. The fourth-order valence-electron chi connectivity index (χ4n) is 2.73. The Morgan fingerprint density at radius 2 is 2.00 bits per heavy atom. The Kier molecular flexibility index (Phi) is 8.33. The van der Waals surface area contributed by atoms with Gasteiger partial charge in [0.05, 0.1) is 18.3 Å². The highest BCUT2D eigenvalue weighted by Gasteiger charge is 2.05. The van der Waals surface area contributed by atoms with E-state index in [1.165, 1.54) is 0 Å². The smallest absolute Gasteiger partial charge is 0.195 e. The molecule has 28 heavy (non-hydrogen) atoms. The molecule has 1 aromatic heterocycles. The monoisotopic (exact) mass is 385 g/mol. The maximum absolute atomic E-state index is 5.79. The molecular weight excluding hydrogens is 354 g/mol. The molecule has 0 bridgehead atoms. The number of rotatable bonds is 9. The summed E-state index contributed by atoms with van der Waals surface area (Å²) in [6.07, 6.45) is 4.80. The van der Waals surface area contributed by atoms with E-state index in [2.05, 4.69) is 25.6 Å². The average Bonchev–Trinajstić information content (AvgIpc) is 2.66. The topological polar surface area (TPSA) is 123 Å². The van der Waals surface area contributed by atoms with E-state index in [0.29, 0.717) is 18.5 Å². The molecule has 0 aliphatic rings. The number of unbranched alkanes of at least 4 members (excludes halogenated alkanes) is 2. The van der Waals surface area contributed by atoms with Crippen molar-refractivity contribution in [3.8, 4) is 5.75 Å². The van der Waals surface area contributed by atoms with Crippen molar-refractivity contribution >= 4 is 28.5 Å². The summed E-state index contributed by atoms with van der Waals surface area (Å²) >= 11 is 0. The molecule has 0 atom stereocenters. The highest BCUT2D eigenvalue weighted by molar-refractivity contribution is 5.97. The highest BCUT2D eigenvalue weighted by atomic mass is 16.5. The van der Waals surface area contributed by atoms with E-state index in [1.54, 1.807) is 13.3 Å². The van der Waals surface area contributed by atoms with Gasteiger partial charge in [0.1, 0.15) is 5.75 Å². The van der Waals surface area contributed by atoms with Crippen LogP contribution >= 0.6 is 0 Å². The number of ether oxygens (including phenoxy) is 1. The van der Waals surface area contributed by atoms with Crippen LogP contribution < -0.4 is 26.8 Å². The van der Waals surface area contributed by atoms with Gasteiger partial charge in [-0.05, 0) is 45.2 Å². The molecule has 8 nitrogen and oxygen atoms in total. The zero-order valence-corrected chi connectivity index (χ0v) is 16.9. The minimum Gasteiger partial charge on any atom is -0.497 e. The van der Waals surface area contributed by atoms with Crippen molar-refractivity contribution in [2.75, 3.05) is 25.5 Å². The Balaban J connectivity index is 1.74. The number of fused-ring (bicyclic) bond motifs is 1. The second kappa shape index (κ2) is 11.0. The first-order valence-electron chi connectivity index (χ1n) is 9.56. The molecule has 0 saturated heterocycles. The van der Waals surface area contributed by atoms with Crippen molar-refractivity contribution < 1.29 is 4.74 Å². The fraction of sp³-hybridized carbons (Fsp3) is 0.450. The molecule has 0 radical (unpaired) electrons. The summed E-state index contributed by atoms with van der Waals surface area (Å²) in [5, 5.41) is 7.30. The van der Waals surface area contributed by atoms with E-state index in [1.807, 2.05) is 38.1 Å². The van der Waals surface area contributed by atoms with Gasteiger partial charge in [0.15, 0.2) is 11.9 Å². The number of nitrogens with zero attached hydrogens (tertiary/aromatic N) is 3. The number of methoxy groups -OCH3 is 1. The van der Waals surface area contributed by atoms with Gasteiger partial charge >= 0.3 is 0 Å². The first-order valence-corrected chi connectivity index (χ1v) is 9.56. The molecule has 0 aliphatic heterocycles. The van der Waals surface area contributed by atoms with Gasteiger partial charge in [-0.1, -0.05) is 6.07 Å². The molecule has 0 aliphatic carbocycles. The lowest BCUT2D eigenvalue weighted by atomic mass is 10.1. The van der Waals surface area contributed by atoms with Crippen molar-refractivity contribution in [1.29, 1.82) is 0 Å². The minimum atomic E-state index is 0.115. The molecular formula is C20H31N7O. The van der Waals surface area contributed by atoms with Crippen LogP contribution in [0.2, 0.25) is 0 Å². The van der Waals surface area contributed by atoms with Crippen molar-refractivity contribution in [1.82, 2.24) is 10.3 Å². The lowest BCUT2D eigenvalue weighted by molar-refractivity contribution is 0.415. The number of nitrogens with one attached hydrogen (secondary N) is 2. The summed E-state index contributed by atoms with van der Waals surface area (Å²) in [7, 11) is 1.67. The van der Waals surface area contributed by atoms with Crippen molar-refractivity contribution in [3.05, 3.63) is 30.5 Å². The number of aromatic nitrogens is 1. The van der Waals surface area contributed by atoms with E-state index in [0.717, 1.165) is 48.1 Å². The predicted octanol–water partition coefficient (Wildman–Crippen LogP) is 2.45. The Hall–Kier alpha value is -3.03. The van der Waals surface area contributed by atoms with E-state index in [9.17, 15) is 0 Å². The van der Waals surface area contributed by atoms with Gasteiger partial charge in [-0.15, -0.1) is 0 Å². The Morgan fingerprint density at radius 3 is 2.75 bits per heavy atom. The third kappa shape index (κ3) is 6.94. The van der Waals surface area contributed by atoms with Gasteiger partial charge in [0.2, 0.25) is 0 Å². The van der Waals surface area contributed by atoms with Crippen LogP contribution in [0, 0.1) is 0 Å². The average molecular weight is 386 g/mol. The molecule has 6 N–H and O–H groups in total. The molecule has 0 saturated carbocycles. The molecule has 2 aromatic rings. The minimum absolute atomic E-state index is 0.115. The second-order valence-electron chi connectivity index (χ2n) is 6.74. The Labute approximate surface area is 166 Å². The number of aliphatic imine (C=N–C) groups is 2. The van der Waals surface area contributed by atoms with Gasteiger partial charge in [-0.3, -0.25) is 20.3 Å². The lowest BCUT2D eigenvalue weighted by Crippen LogP contribution is -2.42. The van der Waals surface area contributed by atoms with Crippen LogP contribution in [-0.2, 0) is 0 Å². The van der Waals surface area contributed by atoms with Gasteiger partial charge in [0.25, 0.3) is 0 Å². The molecule has 0 amide bonds. The molecule has 1 aromatic carbocycles. The van der Waals surface area contributed by atoms with Gasteiger partial charge in [-0.2, -0.15) is 0 Å². The zero-order valence-electron chi connectivity index (χ0n) is 16.9. The summed E-state index contributed by atoms with van der Waals surface area (Å²) in [5.74, 6) is 1.41. The molecule has 2 rings (SSSR count). The second-order valence-corrected chi connectivity index (χ2v) is 6.74. The highest BCUT2D eigenvalue weighted by Crippen LogP contribution is 2.27. The van der Waals surface area contributed by atoms with E-state index < -0.39 is 0 Å². The number of nitrogens with two attached hydrogens (primary N) is 2. The van der Waals surface area contributed by atoms with Gasteiger partial charge in [-0.25, -0.2) is 0 Å². The summed E-state index contributed by atoms with van der Waals surface area (Å²) < 4.78 is 5.38. The number of hydrogen-bond acceptors (Lipinski definition) is 5. The zero-order chi connectivity index (χ0) is 20.4. The van der Waals surface area contributed by atoms with Crippen LogP contribution in [0.5, 0.6) is 5.75 Å². The SMILES string of the molecule is COc1cc(NCCCCCN=C(N)NC(N)=NC(C)C)c2ncccc2c1. The van der Waals surface area contributed by atoms with Crippen LogP contribution in [0.15, 0.2) is 40.4 Å². The van der Waals surface area contributed by atoms with Crippen molar-refractivity contribution in [2.24, 2.45) is 21.5 Å². The summed E-state index contributed by atoms with van der Waals surface area (Å²) in [4.78, 5) is 12.9. The van der Waals surface area contributed by atoms with Crippen molar-refractivity contribution in [3.63, 3.8) is 0 Å². The first-order chi connectivity index (χ1) is 13.5. The standard InChI is InChI=1S/C20H31N7O/c1-14(2)26-20(22)27-19(21)25-10-6-4-5-9-23-17-13-16(28-3)12-15-8-7-11-24-18(15)17/h7-8,11-14,23H,4-6,9-10H2,1-3H3,(H5,21,22,25,26,27). The lowest BCUT2D eigenvalue weighted by Gasteiger charge is -2.11. The van der Waals surface area contributed by atoms with Gasteiger partial charge in [0, 0.05) is 36.8 Å². The number of pyridine rings is 1. The summed E-state index contributed by atoms with van der Waals surface area (Å²) in [6.45, 7) is 5.39. The third-order valence-corrected chi connectivity index (χ3v) is 4.00. The first kappa shape index (κ1) is 21.3. The van der Waals surface area contributed by atoms with E-state index >= 15 is 0 Å². The third-order valence-electron chi connectivity index (χ3n) is 4.00. The maximum Gasteiger partial charge on any atom is 0.195 e. The Bertz CT molecular complexity index is 817. The van der Waals surface area contributed by atoms with Crippen LogP contribution in [0.4, 0.5) is 5.69 Å². The molecule has 0 unspecified atom stereocenters. The number of benzene rings is 1. The molecule has 1 heterocycles. The van der Waals surface area contributed by atoms with E-state index in [4.69, 9.17) is 16.2 Å². The quantitative estimate of drug-likeness (QED) is 0.299.